The standard InChI is InChI=1S/C19H22ClFN2O2.ClH/c1-3-16(23-12(2)11-17(22)24)14-9-10-15(20)19(18(14)21)25-13-7-5-4-6-8-13;/h4-10,12,16,23H,3,11H2,1-2H3,(H2,22,24);1H/t12-,16+;/m0./s1. The first-order valence-corrected chi connectivity index (χ1v) is 8.55. The van der Waals surface area contributed by atoms with Gasteiger partial charge in [0.25, 0.3) is 0 Å². The number of para-hydroxylation sites is 1. The monoisotopic (exact) mass is 400 g/mol. The van der Waals surface area contributed by atoms with Crippen LogP contribution >= 0.6 is 24.0 Å². The van der Waals surface area contributed by atoms with Gasteiger partial charge in [-0.1, -0.05) is 42.8 Å². The van der Waals surface area contributed by atoms with Crippen molar-refractivity contribution in [2.24, 2.45) is 5.73 Å². The minimum absolute atomic E-state index is 0. The fourth-order valence-electron chi connectivity index (χ4n) is 2.65. The Bertz CT molecular complexity index is 729. The topological polar surface area (TPSA) is 64.3 Å². The molecule has 2 atom stereocenters. The number of rotatable bonds is 8. The van der Waals surface area contributed by atoms with Crippen molar-refractivity contribution in [2.75, 3.05) is 0 Å². The number of nitrogens with one attached hydrogen (secondary N) is 1. The molecule has 0 saturated carbocycles. The van der Waals surface area contributed by atoms with Crippen LogP contribution in [0.1, 0.15) is 38.3 Å². The number of halogens is 3. The van der Waals surface area contributed by atoms with E-state index in [4.69, 9.17) is 22.1 Å². The molecule has 0 aliphatic heterocycles. The maximum absolute atomic E-state index is 15.0. The van der Waals surface area contributed by atoms with Crippen LogP contribution in [0.2, 0.25) is 5.02 Å². The van der Waals surface area contributed by atoms with Crippen LogP contribution in [0.25, 0.3) is 0 Å². The Morgan fingerprint density at radius 1 is 1.27 bits per heavy atom. The molecule has 0 aliphatic rings. The van der Waals surface area contributed by atoms with E-state index in [9.17, 15) is 4.79 Å². The molecule has 0 saturated heterocycles. The molecule has 4 nitrogen and oxygen atoms in total. The van der Waals surface area contributed by atoms with Crippen LogP contribution < -0.4 is 15.8 Å². The highest BCUT2D eigenvalue weighted by Gasteiger charge is 2.22. The Kier molecular flexibility index (Phi) is 8.85. The minimum atomic E-state index is -0.512. The molecule has 0 heterocycles. The molecule has 0 unspecified atom stereocenters. The number of hydrogen-bond donors (Lipinski definition) is 2. The van der Waals surface area contributed by atoms with Crippen LogP contribution in [0.4, 0.5) is 4.39 Å². The maximum Gasteiger partial charge on any atom is 0.218 e. The zero-order chi connectivity index (χ0) is 18.4. The van der Waals surface area contributed by atoms with Crippen LogP contribution in [-0.2, 0) is 4.79 Å². The predicted octanol–water partition coefficient (Wildman–Crippen LogP) is 5.00. The SMILES string of the molecule is CC[C@@H](N[C@@H](C)CC(N)=O)c1ccc(Cl)c(Oc2ccccc2)c1F.Cl. The summed E-state index contributed by atoms with van der Waals surface area (Å²) in [5, 5.41) is 3.43. The molecule has 2 rings (SSSR count). The zero-order valence-corrected chi connectivity index (χ0v) is 16.2. The van der Waals surface area contributed by atoms with E-state index in [1.165, 1.54) is 0 Å². The average molecular weight is 401 g/mol. The third-order valence-corrected chi connectivity index (χ3v) is 4.12. The van der Waals surface area contributed by atoms with Gasteiger partial charge in [-0.15, -0.1) is 12.4 Å². The molecule has 0 aliphatic carbocycles. The summed E-state index contributed by atoms with van der Waals surface area (Å²) in [7, 11) is 0. The first kappa shape index (κ1) is 22.2. The Morgan fingerprint density at radius 2 is 1.92 bits per heavy atom. The fraction of sp³-hybridized carbons (Fsp3) is 0.316. The molecule has 2 aromatic rings. The molecule has 142 valence electrons. The van der Waals surface area contributed by atoms with E-state index in [-0.39, 0.29) is 41.7 Å². The molecule has 0 fully saturated rings. The molecular weight excluding hydrogens is 378 g/mol. The van der Waals surface area contributed by atoms with Crippen LogP contribution in [0.3, 0.4) is 0 Å². The lowest BCUT2D eigenvalue weighted by atomic mass is 10.0. The first-order chi connectivity index (χ1) is 11.9. The van der Waals surface area contributed by atoms with E-state index in [2.05, 4.69) is 5.32 Å². The molecule has 0 radical (unpaired) electrons. The highest BCUT2D eigenvalue weighted by atomic mass is 35.5. The number of nitrogens with two attached hydrogens (primary N) is 1. The lowest BCUT2D eigenvalue weighted by molar-refractivity contribution is -0.118. The van der Waals surface area contributed by atoms with Crippen molar-refractivity contribution >= 4 is 29.9 Å². The summed E-state index contributed by atoms with van der Waals surface area (Å²) >= 11 is 6.13. The van der Waals surface area contributed by atoms with Crippen molar-refractivity contribution in [1.29, 1.82) is 0 Å². The summed E-state index contributed by atoms with van der Waals surface area (Å²) in [5.41, 5.74) is 5.66. The van der Waals surface area contributed by atoms with Gasteiger partial charge in [0, 0.05) is 24.1 Å². The zero-order valence-electron chi connectivity index (χ0n) is 14.7. The van der Waals surface area contributed by atoms with Crippen molar-refractivity contribution < 1.29 is 13.9 Å². The number of benzene rings is 2. The van der Waals surface area contributed by atoms with E-state index < -0.39 is 11.7 Å². The quantitative estimate of drug-likeness (QED) is 0.655. The van der Waals surface area contributed by atoms with Crippen LogP contribution in [-0.4, -0.2) is 11.9 Å². The van der Waals surface area contributed by atoms with Gasteiger partial charge >= 0.3 is 0 Å². The van der Waals surface area contributed by atoms with Gasteiger partial charge in [0.1, 0.15) is 5.75 Å². The first-order valence-electron chi connectivity index (χ1n) is 8.17. The van der Waals surface area contributed by atoms with E-state index in [1.54, 1.807) is 36.4 Å². The second-order valence-electron chi connectivity index (χ2n) is 5.89. The fourth-order valence-corrected chi connectivity index (χ4v) is 2.83. The third kappa shape index (κ3) is 5.87. The minimum Gasteiger partial charge on any atom is -0.453 e. The number of carbonyl (C=O) groups is 1. The number of amides is 1. The van der Waals surface area contributed by atoms with Crippen molar-refractivity contribution in [2.45, 2.75) is 38.8 Å². The van der Waals surface area contributed by atoms with Crippen LogP contribution in [0.5, 0.6) is 11.5 Å². The van der Waals surface area contributed by atoms with Gasteiger partial charge in [0.15, 0.2) is 11.6 Å². The van der Waals surface area contributed by atoms with E-state index in [0.29, 0.717) is 17.7 Å². The maximum atomic E-state index is 15.0. The van der Waals surface area contributed by atoms with Gasteiger partial charge in [-0.3, -0.25) is 4.79 Å². The van der Waals surface area contributed by atoms with Gasteiger partial charge in [0.05, 0.1) is 5.02 Å². The van der Waals surface area contributed by atoms with Crippen molar-refractivity contribution in [3.8, 4) is 11.5 Å². The molecular formula is C19H23Cl2FN2O2. The lowest BCUT2D eigenvalue weighted by Crippen LogP contribution is -2.34. The van der Waals surface area contributed by atoms with Gasteiger partial charge in [-0.2, -0.15) is 0 Å². The molecule has 0 spiro atoms. The van der Waals surface area contributed by atoms with E-state index in [0.717, 1.165) is 0 Å². The van der Waals surface area contributed by atoms with E-state index in [1.807, 2.05) is 19.9 Å². The second kappa shape index (κ2) is 10.4. The van der Waals surface area contributed by atoms with Crippen molar-refractivity contribution in [3.05, 3.63) is 58.9 Å². The lowest BCUT2D eigenvalue weighted by Gasteiger charge is -2.23. The summed E-state index contributed by atoms with van der Waals surface area (Å²) in [5.74, 6) is -0.418. The summed E-state index contributed by atoms with van der Waals surface area (Å²) in [4.78, 5) is 11.1. The number of ether oxygens (including phenoxy) is 1. The summed E-state index contributed by atoms with van der Waals surface area (Å²) in [6.07, 6.45) is 0.811. The smallest absolute Gasteiger partial charge is 0.218 e. The predicted molar refractivity (Wildman–Crippen MR) is 105 cm³/mol. The van der Waals surface area contributed by atoms with Crippen molar-refractivity contribution in [3.63, 3.8) is 0 Å². The highest BCUT2D eigenvalue weighted by Crippen LogP contribution is 2.36. The molecule has 0 bridgehead atoms. The number of primary amides is 1. The normalized spacial score (nSPS) is 12.8. The van der Waals surface area contributed by atoms with Gasteiger partial charge < -0.3 is 15.8 Å². The molecule has 1 amide bonds. The summed E-state index contributed by atoms with van der Waals surface area (Å²) in [6, 6.07) is 11.7. The molecule has 0 aromatic heterocycles. The highest BCUT2D eigenvalue weighted by molar-refractivity contribution is 6.32. The second-order valence-corrected chi connectivity index (χ2v) is 6.30. The van der Waals surface area contributed by atoms with E-state index >= 15 is 4.39 Å². The Labute approximate surface area is 164 Å². The Balaban J connectivity index is 0.00000338. The van der Waals surface area contributed by atoms with Gasteiger partial charge in [-0.05, 0) is 31.5 Å². The number of carbonyl (C=O) groups excluding carboxylic acids is 1. The molecule has 2 aromatic carbocycles. The third-order valence-electron chi connectivity index (χ3n) is 3.82. The molecule has 7 heteroatoms. The molecule has 3 N–H and O–H groups in total. The van der Waals surface area contributed by atoms with Crippen LogP contribution in [0.15, 0.2) is 42.5 Å². The largest absolute Gasteiger partial charge is 0.453 e. The molecule has 26 heavy (non-hydrogen) atoms. The Hall–Kier alpha value is -1.82. The summed E-state index contributed by atoms with van der Waals surface area (Å²) in [6.45, 7) is 3.77. The van der Waals surface area contributed by atoms with Crippen LogP contribution in [0, 0.1) is 5.82 Å². The van der Waals surface area contributed by atoms with Crippen molar-refractivity contribution in [1.82, 2.24) is 5.32 Å². The average Bonchev–Trinajstić information content (AvgIpc) is 2.57. The van der Waals surface area contributed by atoms with Gasteiger partial charge in [0.2, 0.25) is 5.91 Å². The Morgan fingerprint density at radius 3 is 2.50 bits per heavy atom. The number of hydrogen-bond acceptors (Lipinski definition) is 3. The van der Waals surface area contributed by atoms with Gasteiger partial charge in [-0.25, -0.2) is 4.39 Å². The summed E-state index contributed by atoms with van der Waals surface area (Å²) < 4.78 is 20.7.